The minimum Gasteiger partial charge on any atom is -0.444 e. The SMILES string of the molecule is Cn1nnnc1C1(NC(=O)OC(C)(C)C)CCCNC1. The molecule has 8 nitrogen and oxygen atoms in total. The fraction of sp³-hybridized carbons (Fsp3) is 0.833. The first-order chi connectivity index (χ1) is 9.32. The van der Waals surface area contributed by atoms with Gasteiger partial charge in [0.2, 0.25) is 0 Å². The second-order valence-corrected chi connectivity index (χ2v) is 6.12. The molecule has 0 saturated carbocycles. The monoisotopic (exact) mass is 282 g/mol. The molecule has 0 aliphatic carbocycles. The summed E-state index contributed by atoms with van der Waals surface area (Å²) in [6, 6.07) is 0. The Kier molecular flexibility index (Phi) is 3.94. The van der Waals surface area contributed by atoms with Gasteiger partial charge in [0.15, 0.2) is 5.82 Å². The number of carbonyl (C=O) groups is 1. The summed E-state index contributed by atoms with van der Waals surface area (Å²) in [7, 11) is 1.77. The van der Waals surface area contributed by atoms with Crippen LogP contribution in [0.3, 0.4) is 0 Å². The molecule has 0 radical (unpaired) electrons. The number of rotatable bonds is 2. The van der Waals surface area contributed by atoms with E-state index in [4.69, 9.17) is 4.74 Å². The summed E-state index contributed by atoms with van der Waals surface area (Å²) in [6.07, 6.45) is 1.25. The summed E-state index contributed by atoms with van der Waals surface area (Å²) in [6.45, 7) is 7.01. The molecule has 8 heteroatoms. The molecule has 1 amide bonds. The Morgan fingerprint density at radius 2 is 2.25 bits per heavy atom. The molecule has 1 fully saturated rings. The van der Waals surface area contributed by atoms with E-state index < -0.39 is 17.2 Å². The Labute approximate surface area is 118 Å². The molecule has 20 heavy (non-hydrogen) atoms. The Bertz CT molecular complexity index is 473. The fourth-order valence-electron chi connectivity index (χ4n) is 2.39. The quantitative estimate of drug-likeness (QED) is 0.811. The van der Waals surface area contributed by atoms with Crippen molar-refractivity contribution in [2.24, 2.45) is 7.05 Å². The van der Waals surface area contributed by atoms with Crippen LogP contribution in [0.25, 0.3) is 0 Å². The predicted molar refractivity (Wildman–Crippen MR) is 71.9 cm³/mol. The largest absolute Gasteiger partial charge is 0.444 e. The number of alkyl carbamates (subject to hydrolysis) is 1. The average Bonchev–Trinajstić information content (AvgIpc) is 2.74. The molecule has 0 bridgehead atoms. The number of piperidine rings is 1. The molecule has 2 N–H and O–H groups in total. The predicted octanol–water partition coefficient (Wildman–Crippen LogP) is 0.313. The molecule has 1 aliphatic rings. The second kappa shape index (κ2) is 5.35. The second-order valence-electron chi connectivity index (χ2n) is 6.12. The van der Waals surface area contributed by atoms with Crippen molar-refractivity contribution >= 4 is 6.09 Å². The normalized spacial score (nSPS) is 23.4. The standard InChI is InChI=1S/C12H22N6O2/c1-11(2,3)20-10(19)14-12(6-5-7-13-8-12)9-15-16-17-18(9)4/h13H,5-8H2,1-4H3,(H,14,19). The van der Waals surface area contributed by atoms with Crippen molar-refractivity contribution < 1.29 is 9.53 Å². The lowest BCUT2D eigenvalue weighted by Gasteiger charge is -2.37. The molecule has 1 saturated heterocycles. The number of aryl methyl sites for hydroxylation is 1. The average molecular weight is 282 g/mol. The summed E-state index contributed by atoms with van der Waals surface area (Å²) in [5.74, 6) is 0.635. The fourth-order valence-corrected chi connectivity index (χ4v) is 2.39. The van der Waals surface area contributed by atoms with Crippen molar-refractivity contribution in [3.8, 4) is 0 Å². The van der Waals surface area contributed by atoms with Crippen molar-refractivity contribution in [2.75, 3.05) is 13.1 Å². The Morgan fingerprint density at radius 3 is 2.75 bits per heavy atom. The Hall–Kier alpha value is -1.70. The van der Waals surface area contributed by atoms with Gasteiger partial charge in [-0.15, -0.1) is 5.10 Å². The van der Waals surface area contributed by atoms with Gasteiger partial charge in [0, 0.05) is 13.6 Å². The van der Waals surface area contributed by atoms with Crippen LogP contribution >= 0.6 is 0 Å². The lowest BCUT2D eigenvalue weighted by molar-refractivity contribution is 0.0420. The van der Waals surface area contributed by atoms with Crippen LogP contribution in [0, 0.1) is 0 Å². The maximum atomic E-state index is 12.1. The van der Waals surface area contributed by atoms with Gasteiger partial charge in [-0.25, -0.2) is 9.48 Å². The van der Waals surface area contributed by atoms with Crippen LogP contribution in [-0.2, 0) is 17.3 Å². The molecule has 2 rings (SSSR count). The van der Waals surface area contributed by atoms with Gasteiger partial charge in [-0.3, -0.25) is 0 Å². The number of amides is 1. The zero-order valence-corrected chi connectivity index (χ0v) is 12.4. The van der Waals surface area contributed by atoms with Crippen molar-refractivity contribution in [1.82, 2.24) is 30.8 Å². The van der Waals surface area contributed by atoms with Gasteiger partial charge < -0.3 is 15.4 Å². The van der Waals surface area contributed by atoms with E-state index >= 15 is 0 Å². The molecule has 1 unspecified atom stereocenters. The summed E-state index contributed by atoms with van der Waals surface area (Å²) in [5.41, 5.74) is -1.16. The van der Waals surface area contributed by atoms with Crippen LogP contribution in [0.5, 0.6) is 0 Å². The number of carbonyl (C=O) groups excluding carboxylic acids is 1. The first kappa shape index (κ1) is 14.7. The first-order valence-electron chi connectivity index (χ1n) is 6.77. The third-order valence-corrected chi connectivity index (χ3v) is 3.17. The van der Waals surface area contributed by atoms with Gasteiger partial charge in [0.05, 0.1) is 0 Å². The molecule has 0 aromatic carbocycles. The van der Waals surface area contributed by atoms with Gasteiger partial charge >= 0.3 is 6.09 Å². The number of hydrogen-bond donors (Lipinski definition) is 2. The van der Waals surface area contributed by atoms with Crippen LogP contribution < -0.4 is 10.6 Å². The summed E-state index contributed by atoms with van der Waals surface area (Å²) < 4.78 is 6.94. The third kappa shape index (κ3) is 3.24. The third-order valence-electron chi connectivity index (χ3n) is 3.17. The van der Waals surface area contributed by atoms with E-state index in [1.165, 1.54) is 0 Å². The molecule has 2 heterocycles. The van der Waals surface area contributed by atoms with Gasteiger partial charge in [-0.05, 0) is 50.6 Å². The Morgan fingerprint density at radius 1 is 1.50 bits per heavy atom. The number of ether oxygens (including phenoxy) is 1. The van der Waals surface area contributed by atoms with Crippen LogP contribution in [0.1, 0.15) is 39.4 Å². The van der Waals surface area contributed by atoms with Crippen LogP contribution in [0.15, 0.2) is 0 Å². The van der Waals surface area contributed by atoms with E-state index in [-0.39, 0.29) is 0 Å². The number of nitrogens with one attached hydrogen (secondary N) is 2. The maximum absolute atomic E-state index is 12.1. The van der Waals surface area contributed by atoms with Gasteiger partial charge in [0.1, 0.15) is 11.1 Å². The molecule has 0 spiro atoms. The number of tetrazole rings is 1. The molecule has 1 atom stereocenters. The lowest BCUT2D eigenvalue weighted by Crippen LogP contribution is -2.57. The summed E-state index contributed by atoms with van der Waals surface area (Å²) in [4.78, 5) is 12.1. The van der Waals surface area contributed by atoms with Crippen molar-refractivity contribution in [3.05, 3.63) is 5.82 Å². The molecule has 1 aromatic rings. The molecule has 1 aromatic heterocycles. The smallest absolute Gasteiger partial charge is 0.408 e. The highest BCUT2D eigenvalue weighted by molar-refractivity contribution is 5.69. The van der Waals surface area contributed by atoms with Gasteiger partial charge in [0.25, 0.3) is 0 Å². The number of nitrogens with zero attached hydrogens (tertiary/aromatic N) is 4. The van der Waals surface area contributed by atoms with Crippen molar-refractivity contribution in [3.63, 3.8) is 0 Å². The minimum atomic E-state index is -0.626. The van der Waals surface area contributed by atoms with Crippen molar-refractivity contribution in [1.29, 1.82) is 0 Å². The van der Waals surface area contributed by atoms with Crippen molar-refractivity contribution in [2.45, 2.75) is 44.8 Å². The zero-order chi connectivity index (χ0) is 14.8. The van der Waals surface area contributed by atoms with Gasteiger partial charge in [-0.2, -0.15) is 0 Å². The minimum absolute atomic E-state index is 0.454. The molecular weight excluding hydrogens is 260 g/mol. The topological polar surface area (TPSA) is 94.0 Å². The molecular formula is C12H22N6O2. The van der Waals surface area contributed by atoms with Gasteiger partial charge in [-0.1, -0.05) is 0 Å². The lowest BCUT2D eigenvalue weighted by atomic mass is 9.89. The Balaban J connectivity index is 2.20. The molecule has 1 aliphatic heterocycles. The number of aromatic nitrogens is 4. The van der Waals surface area contributed by atoms with E-state index in [9.17, 15) is 4.79 Å². The zero-order valence-electron chi connectivity index (χ0n) is 12.4. The summed E-state index contributed by atoms with van der Waals surface area (Å²) in [5, 5.41) is 17.8. The first-order valence-corrected chi connectivity index (χ1v) is 6.77. The van der Waals surface area contributed by atoms with Crippen LogP contribution in [-0.4, -0.2) is 45.0 Å². The summed E-state index contributed by atoms with van der Waals surface area (Å²) >= 11 is 0. The molecule has 112 valence electrons. The van der Waals surface area contributed by atoms with Crippen LogP contribution in [0.4, 0.5) is 4.79 Å². The highest BCUT2D eigenvalue weighted by Crippen LogP contribution is 2.26. The highest BCUT2D eigenvalue weighted by atomic mass is 16.6. The number of hydrogen-bond acceptors (Lipinski definition) is 6. The van der Waals surface area contributed by atoms with E-state index in [2.05, 4.69) is 26.2 Å². The van der Waals surface area contributed by atoms with E-state index in [1.807, 2.05) is 20.8 Å². The maximum Gasteiger partial charge on any atom is 0.408 e. The van der Waals surface area contributed by atoms with E-state index in [0.29, 0.717) is 12.4 Å². The highest BCUT2D eigenvalue weighted by Gasteiger charge is 2.41. The van der Waals surface area contributed by atoms with E-state index in [0.717, 1.165) is 19.4 Å². The van der Waals surface area contributed by atoms with E-state index in [1.54, 1.807) is 11.7 Å². The van der Waals surface area contributed by atoms with Crippen LogP contribution in [0.2, 0.25) is 0 Å².